The number of hydrogen-bond donors (Lipinski definition) is 0. The van der Waals surface area contributed by atoms with Gasteiger partial charge in [-0.3, -0.25) is 9.69 Å². The highest BCUT2D eigenvalue weighted by Gasteiger charge is 2.42. The number of methoxy groups -OCH3 is 1. The van der Waals surface area contributed by atoms with Crippen LogP contribution in [0.2, 0.25) is 0 Å². The molecular formula is C18H26N2O4. The first kappa shape index (κ1) is 17.4. The number of carbonyl (C=O) groups excluding carboxylic acids is 1. The van der Waals surface area contributed by atoms with Gasteiger partial charge in [0.1, 0.15) is 6.61 Å². The number of rotatable bonds is 4. The fourth-order valence-corrected chi connectivity index (χ4v) is 3.36. The van der Waals surface area contributed by atoms with Crippen molar-refractivity contribution in [2.75, 3.05) is 53.1 Å². The normalized spacial score (nSPS) is 25.6. The molecule has 0 aromatic heterocycles. The lowest BCUT2D eigenvalue weighted by Gasteiger charge is -2.43. The summed E-state index contributed by atoms with van der Waals surface area (Å²) in [6, 6.07) is 10.4. The molecule has 0 N–H and O–H groups in total. The summed E-state index contributed by atoms with van der Waals surface area (Å²) in [5.41, 5.74) is 1.28. The molecule has 2 saturated heterocycles. The molecule has 0 bridgehead atoms. The highest BCUT2D eigenvalue weighted by atomic mass is 16.7. The topological polar surface area (TPSA) is 51.2 Å². The van der Waals surface area contributed by atoms with E-state index in [0.29, 0.717) is 32.8 Å². The number of benzene rings is 1. The van der Waals surface area contributed by atoms with E-state index < -0.39 is 5.79 Å². The molecule has 1 amide bonds. The van der Waals surface area contributed by atoms with Crippen LogP contribution < -0.4 is 0 Å². The van der Waals surface area contributed by atoms with Crippen LogP contribution in [-0.2, 0) is 25.5 Å². The molecule has 1 unspecified atom stereocenters. The molecular weight excluding hydrogens is 308 g/mol. The summed E-state index contributed by atoms with van der Waals surface area (Å²) < 4.78 is 17.0. The predicted octanol–water partition coefficient (Wildman–Crippen LogP) is 1.11. The molecule has 3 rings (SSSR count). The summed E-state index contributed by atoms with van der Waals surface area (Å²) in [7, 11) is 1.54. The van der Waals surface area contributed by atoms with Crippen molar-refractivity contribution in [2.45, 2.75) is 18.8 Å². The van der Waals surface area contributed by atoms with Crippen LogP contribution >= 0.6 is 0 Å². The van der Waals surface area contributed by atoms with Gasteiger partial charge in [0.25, 0.3) is 0 Å². The quantitative estimate of drug-likeness (QED) is 0.826. The molecule has 1 aromatic carbocycles. The van der Waals surface area contributed by atoms with Gasteiger partial charge in [0.15, 0.2) is 5.79 Å². The molecule has 1 aromatic rings. The molecule has 0 radical (unpaired) electrons. The molecule has 2 heterocycles. The van der Waals surface area contributed by atoms with Crippen LogP contribution in [0, 0.1) is 0 Å². The second-order valence-electron chi connectivity index (χ2n) is 6.41. The van der Waals surface area contributed by atoms with Crippen molar-refractivity contribution in [1.82, 2.24) is 9.80 Å². The van der Waals surface area contributed by atoms with Crippen LogP contribution in [0.1, 0.15) is 12.0 Å². The number of amides is 1. The summed E-state index contributed by atoms with van der Waals surface area (Å²) in [4.78, 5) is 16.3. The molecule has 6 nitrogen and oxygen atoms in total. The molecule has 24 heavy (non-hydrogen) atoms. The lowest BCUT2D eigenvalue weighted by Crippen LogP contribution is -2.59. The Labute approximate surface area is 143 Å². The van der Waals surface area contributed by atoms with Gasteiger partial charge < -0.3 is 19.1 Å². The van der Waals surface area contributed by atoms with Crippen molar-refractivity contribution >= 4 is 5.91 Å². The monoisotopic (exact) mass is 334 g/mol. The minimum absolute atomic E-state index is 0.0115. The molecule has 2 aliphatic rings. The first-order chi connectivity index (χ1) is 11.7. The molecule has 132 valence electrons. The van der Waals surface area contributed by atoms with Crippen molar-refractivity contribution < 1.29 is 19.0 Å². The van der Waals surface area contributed by atoms with Gasteiger partial charge in [-0.25, -0.2) is 0 Å². The SMILES string of the molecule is COCC(=O)N1CCOC2(CN(Cc3ccccc3)CCCO2)C1. The van der Waals surface area contributed by atoms with E-state index in [9.17, 15) is 4.79 Å². The van der Waals surface area contributed by atoms with Gasteiger partial charge in [-0.05, 0) is 12.0 Å². The van der Waals surface area contributed by atoms with E-state index in [4.69, 9.17) is 14.2 Å². The van der Waals surface area contributed by atoms with Crippen LogP contribution in [0.25, 0.3) is 0 Å². The van der Waals surface area contributed by atoms with Crippen LogP contribution in [0.5, 0.6) is 0 Å². The first-order valence-electron chi connectivity index (χ1n) is 8.52. The number of morpholine rings is 1. The molecule has 0 aliphatic carbocycles. The van der Waals surface area contributed by atoms with Gasteiger partial charge in [0.2, 0.25) is 5.91 Å². The van der Waals surface area contributed by atoms with Crippen molar-refractivity contribution in [3.05, 3.63) is 35.9 Å². The van der Waals surface area contributed by atoms with Crippen LogP contribution in [0.4, 0.5) is 0 Å². The van der Waals surface area contributed by atoms with E-state index in [1.54, 1.807) is 4.90 Å². The van der Waals surface area contributed by atoms with Crippen molar-refractivity contribution in [2.24, 2.45) is 0 Å². The average molecular weight is 334 g/mol. The maximum atomic E-state index is 12.2. The third-order valence-corrected chi connectivity index (χ3v) is 4.48. The van der Waals surface area contributed by atoms with Crippen molar-refractivity contribution in [3.8, 4) is 0 Å². The third kappa shape index (κ3) is 4.33. The first-order valence-corrected chi connectivity index (χ1v) is 8.52. The molecule has 2 aliphatic heterocycles. The van der Waals surface area contributed by atoms with E-state index in [-0.39, 0.29) is 12.5 Å². The lowest BCUT2D eigenvalue weighted by atomic mass is 10.1. The summed E-state index contributed by atoms with van der Waals surface area (Å²) in [5, 5.41) is 0. The van der Waals surface area contributed by atoms with E-state index in [1.165, 1.54) is 12.7 Å². The Hall–Kier alpha value is -1.47. The highest BCUT2D eigenvalue weighted by molar-refractivity contribution is 5.77. The smallest absolute Gasteiger partial charge is 0.248 e. The Balaban J connectivity index is 1.67. The Morgan fingerprint density at radius 2 is 1.96 bits per heavy atom. The molecule has 1 atom stereocenters. The van der Waals surface area contributed by atoms with Gasteiger partial charge in [0, 0.05) is 26.7 Å². The maximum Gasteiger partial charge on any atom is 0.248 e. The minimum atomic E-state index is -0.729. The van der Waals surface area contributed by atoms with Gasteiger partial charge in [-0.2, -0.15) is 0 Å². The van der Waals surface area contributed by atoms with Gasteiger partial charge >= 0.3 is 0 Å². The molecule has 6 heteroatoms. The molecule has 0 saturated carbocycles. The lowest BCUT2D eigenvalue weighted by molar-refractivity contribution is -0.265. The van der Waals surface area contributed by atoms with Crippen molar-refractivity contribution in [1.29, 1.82) is 0 Å². The Bertz CT molecular complexity index is 539. The zero-order valence-corrected chi connectivity index (χ0v) is 14.3. The van der Waals surface area contributed by atoms with Gasteiger partial charge in [-0.1, -0.05) is 30.3 Å². The standard InChI is InChI=1S/C18H26N2O4/c1-22-13-17(21)20-9-11-24-18(15-20)14-19(8-5-10-23-18)12-16-6-3-2-4-7-16/h2-4,6-7H,5,8-15H2,1H3. The van der Waals surface area contributed by atoms with Crippen LogP contribution in [0.3, 0.4) is 0 Å². The zero-order valence-electron chi connectivity index (χ0n) is 14.3. The second kappa shape index (κ2) is 8.07. The Kier molecular flexibility index (Phi) is 5.84. The minimum Gasteiger partial charge on any atom is -0.375 e. The third-order valence-electron chi connectivity index (χ3n) is 4.48. The summed E-state index contributed by atoms with van der Waals surface area (Å²) >= 11 is 0. The van der Waals surface area contributed by atoms with E-state index >= 15 is 0 Å². The van der Waals surface area contributed by atoms with E-state index in [1.807, 2.05) is 6.07 Å². The molecule has 1 spiro atoms. The van der Waals surface area contributed by atoms with Crippen LogP contribution in [0.15, 0.2) is 30.3 Å². The van der Waals surface area contributed by atoms with Crippen molar-refractivity contribution in [3.63, 3.8) is 0 Å². The largest absolute Gasteiger partial charge is 0.375 e. The number of nitrogens with zero attached hydrogens (tertiary/aromatic N) is 2. The predicted molar refractivity (Wildman–Crippen MR) is 89.4 cm³/mol. The van der Waals surface area contributed by atoms with Crippen LogP contribution in [-0.4, -0.2) is 74.6 Å². The van der Waals surface area contributed by atoms with Gasteiger partial charge in [0.05, 0.1) is 26.3 Å². The van der Waals surface area contributed by atoms with E-state index in [2.05, 4.69) is 29.2 Å². The second-order valence-corrected chi connectivity index (χ2v) is 6.41. The molecule has 2 fully saturated rings. The average Bonchev–Trinajstić information content (AvgIpc) is 2.78. The van der Waals surface area contributed by atoms with Gasteiger partial charge in [-0.15, -0.1) is 0 Å². The summed E-state index contributed by atoms with van der Waals surface area (Å²) in [6.07, 6.45) is 0.962. The fraction of sp³-hybridized carbons (Fsp3) is 0.611. The fourth-order valence-electron chi connectivity index (χ4n) is 3.36. The van der Waals surface area contributed by atoms with E-state index in [0.717, 1.165) is 19.5 Å². The number of hydrogen-bond acceptors (Lipinski definition) is 5. The Morgan fingerprint density at radius 3 is 2.75 bits per heavy atom. The number of ether oxygens (including phenoxy) is 3. The maximum absolute atomic E-state index is 12.2. The Morgan fingerprint density at radius 1 is 1.17 bits per heavy atom. The zero-order chi connectivity index (χ0) is 16.8. The summed E-state index contributed by atoms with van der Waals surface area (Å²) in [6.45, 7) is 4.79. The summed E-state index contributed by atoms with van der Waals surface area (Å²) in [5.74, 6) is -0.741. The number of carbonyl (C=O) groups is 1. The highest BCUT2D eigenvalue weighted by Crippen LogP contribution is 2.25.